The number of hydroxylamine groups is 2. The van der Waals surface area contributed by atoms with E-state index in [2.05, 4.69) is 0 Å². The van der Waals surface area contributed by atoms with Crippen molar-refractivity contribution < 1.29 is 35.0 Å². The van der Waals surface area contributed by atoms with Gasteiger partial charge in [-0.25, -0.2) is 4.39 Å². The van der Waals surface area contributed by atoms with E-state index in [9.17, 15) is 26.0 Å². The zero-order chi connectivity index (χ0) is 20.5. The Balaban J connectivity index is 1.49. The third-order valence-electron chi connectivity index (χ3n) is 4.17. The minimum atomic E-state index is -4.63. The minimum absolute atomic E-state index is 0.0206. The lowest BCUT2D eigenvalue weighted by Crippen LogP contribution is -2.49. The van der Waals surface area contributed by atoms with Crippen LogP contribution in [0.4, 0.5) is 17.6 Å². The maximum atomic E-state index is 13.7. The molecule has 152 valence electrons. The van der Waals surface area contributed by atoms with Crippen LogP contribution in [-0.4, -0.2) is 33.2 Å². The zero-order valence-corrected chi connectivity index (χ0v) is 15.6. The van der Waals surface area contributed by atoms with Crippen molar-refractivity contribution >= 4 is 10.1 Å². The summed E-state index contributed by atoms with van der Waals surface area (Å²) in [6.07, 6.45) is -4.63. The molecule has 0 amide bonds. The van der Waals surface area contributed by atoms with Crippen molar-refractivity contribution in [1.29, 1.82) is 0 Å². The number of nitrogens with zero attached hydrogens (tertiary/aromatic N) is 1. The van der Waals surface area contributed by atoms with E-state index in [1.54, 1.807) is 12.1 Å². The third-order valence-corrected chi connectivity index (χ3v) is 5.43. The van der Waals surface area contributed by atoms with E-state index >= 15 is 0 Å². The van der Waals surface area contributed by atoms with E-state index in [4.69, 9.17) is 9.02 Å². The van der Waals surface area contributed by atoms with Gasteiger partial charge in [0, 0.05) is 19.0 Å². The number of hydrogen-bond donors (Lipinski definition) is 0. The van der Waals surface area contributed by atoms with Crippen LogP contribution in [0.2, 0.25) is 0 Å². The van der Waals surface area contributed by atoms with Gasteiger partial charge in [0.1, 0.15) is 0 Å². The highest BCUT2D eigenvalue weighted by molar-refractivity contribution is 7.86. The topological polar surface area (TPSA) is 55.8 Å². The number of rotatable bonds is 6. The second-order valence-corrected chi connectivity index (χ2v) is 8.04. The van der Waals surface area contributed by atoms with Gasteiger partial charge in [-0.2, -0.15) is 30.9 Å². The molecule has 5 nitrogen and oxygen atoms in total. The fraction of sp³-hybridized carbons (Fsp3) is 0.333. The molecule has 2 aromatic rings. The Morgan fingerprint density at radius 1 is 1.11 bits per heavy atom. The molecule has 0 N–H and O–H groups in total. The molecule has 0 spiro atoms. The summed E-state index contributed by atoms with van der Waals surface area (Å²) in [4.78, 5) is 0.0321. The standard InChI is InChI=1S/C18H17F4NO4S/c1-12-2-5-15(6-3-12)28(24,25)27-23-9-13(10-23)11-26-17-7-4-14(8-16(17)19)18(20,21)22/h2-8,13H,9-11H2,1H3. The molecule has 1 aliphatic rings. The van der Waals surface area contributed by atoms with Gasteiger partial charge < -0.3 is 4.74 Å². The summed E-state index contributed by atoms with van der Waals surface area (Å²) in [6, 6.07) is 8.23. The summed E-state index contributed by atoms with van der Waals surface area (Å²) in [6.45, 7) is 2.31. The average Bonchev–Trinajstić information content (AvgIpc) is 2.57. The Hall–Kier alpha value is -2.17. The number of alkyl halides is 3. The molecule has 0 bridgehead atoms. The van der Waals surface area contributed by atoms with Gasteiger partial charge in [-0.3, -0.25) is 0 Å². The van der Waals surface area contributed by atoms with Crippen LogP contribution in [0.5, 0.6) is 5.75 Å². The van der Waals surface area contributed by atoms with Crippen LogP contribution in [0, 0.1) is 18.7 Å². The highest BCUT2D eigenvalue weighted by atomic mass is 32.2. The lowest BCUT2D eigenvalue weighted by atomic mass is 10.0. The summed E-state index contributed by atoms with van der Waals surface area (Å²) in [5, 5.41) is 1.23. The first kappa shape index (κ1) is 20.6. The molecule has 3 rings (SSSR count). The number of benzene rings is 2. The Kier molecular flexibility index (Phi) is 5.64. The lowest BCUT2D eigenvalue weighted by molar-refractivity contribution is -0.142. The van der Waals surface area contributed by atoms with Crippen molar-refractivity contribution in [3.8, 4) is 5.75 Å². The average molecular weight is 419 g/mol. The van der Waals surface area contributed by atoms with Crippen LogP contribution in [0.25, 0.3) is 0 Å². The van der Waals surface area contributed by atoms with Crippen molar-refractivity contribution in [2.45, 2.75) is 18.0 Å². The molecule has 0 unspecified atom stereocenters. The molecular weight excluding hydrogens is 402 g/mol. The lowest BCUT2D eigenvalue weighted by Gasteiger charge is -2.36. The van der Waals surface area contributed by atoms with Crippen molar-refractivity contribution in [3.63, 3.8) is 0 Å². The van der Waals surface area contributed by atoms with Gasteiger partial charge in [-0.05, 0) is 37.3 Å². The fourth-order valence-electron chi connectivity index (χ4n) is 2.58. The number of hydrogen-bond acceptors (Lipinski definition) is 5. The highest BCUT2D eigenvalue weighted by Crippen LogP contribution is 2.32. The number of aryl methyl sites for hydroxylation is 1. The first-order valence-corrected chi connectivity index (χ1v) is 9.71. The molecule has 0 aliphatic carbocycles. The van der Waals surface area contributed by atoms with E-state index in [0.29, 0.717) is 6.07 Å². The largest absolute Gasteiger partial charge is 0.490 e. The summed E-state index contributed by atoms with van der Waals surface area (Å²) in [5.41, 5.74) is -0.183. The Morgan fingerprint density at radius 3 is 2.32 bits per heavy atom. The zero-order valence-electron chi connectivity index (χ0n) is 14.7. The predicted octanol–water partition coefficient (Wildman–Crippen LogP) is 3.78. The van der Waals surface area contributed by atoms with Gasteiger partial charge >= 0.3 is 16.3 Å². The second-order valence-electron chi connectivity index (χ2n) is 6.51. The normalized spacial score (nSPS) is 16.0. The fourth-order valence-corrected chi connectivity index (χ4v) is 3.53. The summed E-state index contributed by atoms with van der Waals surface area (Å²) in [7, 11) is -3.93. The SMILES string of the molecule is Cc1ccc(S(=O)(=O)ON2CC(COc3ccc(C(F)(F)F)cc3F)C2)cc1. The van der Waals surface area contributed by atoms with Gasteiger partial charge in [-0.1, -0.05) is 17.7 Å². The molecule has 0 aromatic heterocycles. The maximum absolute atomic E-state index is 13.7. The molecular formula is C18H17F4NO4S. The van der Waals surface area contributed by atoms with Gasteiger partial charge in [0.05, 0.1) is 17.1 Å². The van der Waals surface area contributed by atoms with Crippen molar-refractivity contribution in [2.75, 3.05) is 19.7 Å². The maximum Gasteiger partial charge on any atom is 0.416 e. The molecule has 1 fully saturated rings. The van der Waals surface area contributed by atoms with Crippen LogP contribution in [0.3, 0.4) is 0 Å². The smallest absolute Gasteiger partial charge is 0.416 e. The van der Waals surface area contributed by atoms with E-state index in [0.717, 1.165) is 17.7 Å². The van der Waals surface area contributed by atoms with Gasteiger partial charge in [0.2, 0.25) is 0 Å². The quantitative estimate of drug-likeness (QED) is 0.667. The van der Waals surface area contributed by atoms with Crippen LogP contribution in [0.1, 0.15) is 11.1 Å². The van der Waals surface area contributed by atoms with Gasteiger partial charge in [-0.15, -0.1) is 0 Å². The van der Waals surface area contributed by atoms with Crippen molar-refractivity contribution in [3.05, 3.63) is 59.4 Å². The number of halogens is 4. The Bertz CT molecular complexity index is 939. The number of ether oxygens (including phenoxy) is 1. The van der Waals surface area contributed by atoms with E-state index in [1.807, 2.05) is 6.92 Å². The molecule has 10 heteroatoms. The minimum Gasteiger partial charge on any atom is -0.490 e. The molecule has 2 aromatic carbocycles. The van der Waals surface area contributed by atoms with Crippen molar-refractivity contribution in [2.24, 2.45) is 5.92 Å². The van der Waals surface area contributed by atoms with Gasteiger partial charge in [0.15, 0.2) is 11.6 Å². The molecule has 28 heavy (non-hydrogen) atoms. The molecule has 0 atom stereocenters. The van der Waals surface area contributed by atoms with Crippen LogP contribution >= 0.6 is 0 Å². The summed E-state index contributed by atoms with van der Waals surface area (Å²) >= 11 is 0. The Morgan fingerprint density at radius 2 is 1.75 bits per heavy atom. The van der Waals surface area contributed by atoms with Crippen LogP contribution in [-0.2, 0) is 20.6 Å². The summed E-state index contributed by atoms with van der Waals surface area (Å²) in [5.74, 6) is -1.54. The van der Waals surface area contributed by atoms with Crippen LogP contribution in [0.15, 0.2) is 47.4 Å². The third kappa shape index (κ3) is 4.81. The molecule has 1 saturated heterocycles. The molecule has 1 heterocycles. The second kappa shape index (κ2) is 7.69. The predicted molar refractivity (Wildman–Crippen MR) is 91.4 cm³/mol. The van der Waals surface area contributed by atoms with Crippen molar-refractivity contribution in [1.82, 2.24) is 5.06 Å². The van der Waals surface area contributed by atoms with E-state index in [1.165, 1.54) is 17.2 Å². The van der Waals surface area contributed by atoms with E-state index < -0.39 is 27.7 Å². The first-order chi connectivity index (χ1) is 13.0. The monoisotopic (exact) mass is 419 g/mol. The molecule has 1 aliphatic heterocycles. The molecule has 0 radical (unpaired) electrons. The first-order valence-electron chi connectivity index (χ1n) is 8.30. The Labute approximate surface area is 159 Å². The highest BCUT2D eigenvalue weighted by Gasteiger charge is 2.34. The van der Waals surface area contributed by atoms with Gasteiger partial charge in [0.25, 0.3) is 0 Å². The molecule has 0 saturated carbocycles. The van der Waals surface area contributed by atoms with E-state index in [-0.39, 0.29) is 36.3 Å². The summed E-state index contributed by atoms with van der Waals surface area (Å²) < 4.78 is 85.8. The van der Waals surface area contributed by atoms with Crippen LogP contribution < -0.4 is 4.74 Å².